The van der Waals surface area contributed by atoms with Gasteiger partial charge in [-0.2, -0.15) is 0 Å². The molecule has 1 fully saturated rings. The fraction of sp³-hybridized carbons (Fsp3) is 0.308. The highest BCUT2D eigenvalue weighted by atomic mass is 16.6. The molecule has 0 radical (unpaired) electrons. The van der Waals surface area contributed by atoms with Gasteiger partial charge < -0.3 is 5.32 Å². The summed E-state index contributed by atoms with van der Waals surface area (Å²) in [6.45, 7) is 2.59. The van der Waals surface area contributed by atoms with Crippen LogP contribution < -0.4 is 5.32 Å². The van der Waals surface area contributed by atoms with Crippen molar-refractivity contribution in [2.75, 3.05) is 6.54 Å². The number of benzene rings is 1. The number of nitro groups is 1. The number of nitrogens with one attached hydrogen (secondary N) is 1. The van der Waals surface area contributed by atoms with Crippen molar-refractivity contribution in [3.8, 4) is 0 Å². The number of rotatable bonds is 3. The van der Waals surface area contributed by atoms with Crippen LogP contribution in [0.25, 0.3) is 0 Å². The minimum absolute atomic E-state index is 0.323. The first kappa shape index (κ1) is 12.3. The van der Waals surface area contributed by atoms with Gasteiger partial charge in [-0.3, -0.25) is 14.9 Å². The number of hydrogen-bond donors (Lipinski definition) is 1. The minimum Gasteiger partial charge on any atom is -0.383 e. The Balaban J connectivity index is 2.38. The summed E-state index contributed by atoms with van der Waals surface area (Å²) in [4.78, 5) is 22.6. The average Bonchev–Trinajstić information content (AvgIpc) is 2.83. The molecule has 2 rings (SSSR count). The van der Waals surface area contributed by atoms with Crippen molar-refractivity contribution in [1.82, 2.24) is 5.32 Å². The quantitative estimate of drug-likeness (QED) is 0.383. The largest absolute Gasteiger partial charge is 0.383 e. The lowest BCUT2D eigenvalue weighted by molar-refractivity contribution is -0.418. The van der Waals surface area contributed by atoms with Crippen LogP contribution in [0.15, 0.2) is 35.7 Å². The molecule has 1 aromatic carbocycles. The van der Waals surface area contributed by atoms with E-state index in [0.717, 1.165) is 12.0 Å². The second-order valence-electron chi connectivity index (χ2n) is 4.31. The maximum atomic E-state index is 12.1. The molecular formula is C13H14N2O3. The summed E-state index contributed by atoms with van der Waals surface area (Å²) in [5, 5.41) is 14.0. The molecule has 0 bridgehead atoms. The molecule has 18 heavy (non-hydrogen) atoms. The lowest BCUT2D eigenvalue weighted by Gasteiger charge is -2.03. The van der Waals surface area contributed by atoms with Gasteiger partial charge in [0.2, 0.25) is 0 Å². The fourth-order valence-corrected chi connectivity index (χ4v) is 1.97. The number of carbonyl (C=O) groups is 1. The van der Waals surface area contributed by atoms with Crippen molar-refractivity contribution in [2.45, 2.75) is 19.8 Å². The minimum atomic E-state index is -0.587. The van der Waals surface area contributed by atoms with E-state index in [4.69, 9.17) is 0 Å². The molecule has 1 N–H and O–H groups in total. The zero-order chi connectivity index (χ0) is 13.1. The van der Waals surface area contributed by atoms with Crippen LogP contribution in [0, 0.1) is 17.0 Å². The molecule has 0 unspecified atom stereocenters. The van der Waals surface area contributed by atoms with Crippen molar-refractivity contribution in [2.24, 2.45) is 0 Å². The molecule has 1 aliphatic heterocycles. The fourth-order valence-electron chi connectivity index (χ4n) is 1.97. The molecule has 0 atom stereocenters. The maximum Gasteiger partial charge on any atom is 0.335 e. The molecule has 0 amide bonds. The molecule has 1 saturated heterocycles. The molecule has 5 heteroatoms. The number of Topliss-reactive ketones (excluding diaryl/α,β-unsaturated/α-hetero) is 1. The third-order valence-electron chi connectivity index (χ3n) is 2.94. The summed E-state index contributed by atoms with van der Waals surface area (Å²) < 4.78 is 0. The number of hydrogen-bond acceptors (Lipinski definition) is 4. The van der Waals surface area contributed by atoms with Gasteiger partial charge in [0, 0.05) is 12.1 Å². The summed E-state index contributed by atoms with van der Waals surface area (Å²) in [6, 6.07) is 6.79. The van der Waals surface area contributed by atoms with E-state index in [1.165, 1.54) is 0 Å². The lowest BCUT2D eigenvalue weighted by atomic mass is 10.0. The average molecular weight is 246 g/mol. The number of aryl methyl sites for hydroxylation is 1. The molecule has 1 aromatic rings. The molecule has 0 spiro atoms. The molecule has 0 saturated carbocycles. The standard InChI is InChI=1S/C13H14N2O3/c1-9-4-6-10(7-5-9)13(16)12(15(17)18)11-3-2-8-14-11/h4-7,14H,2-3,8H2,1H3. The molecule has 5 nitrogen and oxygen atoms in total. The van der Waals surface area contributed by atoms with Crippen LogP contribution in [-0.4, -0.2) is 17.3 Å². The normalized spacial score (nSPS) is 17.2. The Labute approximate surface area is 105 Å². The summed E-state index contributed by atoms with van der Waals surface area (Å²) in [5.74, 6) is -0.524. The Kier molecular flexibility index (Phi) is 3.41. The first-order valence-electron chi connectivity index (χ1n) is 5.82. The summed E-state index contributed by atoms with van der Waals surface area (Å²) in [5.41, 5.74) is 1.50. The van der Waals surface area contributed by atoms with Crippen LogP contribution in [0.2, 0.25) is 0 Å². The summed E-state index contributed by atoms with van der Waals surface area (Å²) >= 11 is 0. The van der Waals surface area contributed by atoms with E-state index in [9.17, 15) is 14.9 Å². The van der Waals surface area contributed by atoms with E-state index < -0.39 is 10.7 Å². The van der Waals surface area contributed by atoms with Gasteiger partial charge in [-0.15, -0.1) is 0 Å². The van der Waals surface area contributed by atoms with Crippen molar-refractivity contribution >= 4 is 5.78 Å². The predicted molar refractivity (Wildman–Crippen MR) is 66.8 cm³/mol. The van der Waals surface area contributed by atoms with Gasteiger partial charge in [0.1, 0.15) is 0 Å². The Morgan fingerprint density at radius 2 is 2.00 bits per heavy atom. The van der Waals surface area contributed by atoms with Crippen LogP contribution in [0.1, 0.15) is 28.8 Å². The lowest BCUT2D eigenvalue weighted by Crippen LogP contribution is -2.19. The monoisotopic (exact) mass is 246 g/mol. The molecule has 94 valence electrons. The zero-order valence-corrected chi connectivity index (χ0v) is 10.1. The van der Waals surface area contributed by atoms with Gasteiger partial charge in [-0.25, -0.2) is 0 Å². The van der Waals surface area contributed by atoms with E-state index in [2.05, 4.69) is 5.32 Å². The van der Waals surface area contributed by atoms with Crippen LogP contribution >= 0.6 is 0 Å². The van der Waals surface area contributed by atoms with Crippen LogP contribution in [0.3, 0.4) is 0 Å². The first-order valence-corrected chi connectivity index (χ1v) is 5.82. The van der Waals surface area contributed by atoms with Crippen molar-refractivity contribution in [1.29, 1.82) is 0 Å². The summed E-state index contributed by atoms with van der Waals surface area (Å²) in [7, 11) is 0. The topological polar surface area (TPSA) is 72.2 Å². The van der Waals surface area contributed by atoms with Crippen LogP contribution in [0.5, 0.6) is 0 Å². The Hall–Kier alpha value is -2.17. The second-order valence-corrected chi connectivity index (χ2v) is 4.31. The molecule has 1 aliphatic rings. The van der Waals surface area contributed by atoms with E-state index in [-0.39, 0.29) is 5.70 Å². The second kappa shape index (κ2) is 5.00. The van der Waals surface area contributed by atoms with E-state index >= 15 is 0 Å². The molecular weight excluding hydrogens is 232 g/mol. The molecule has 0 aromatic heterocycles. The highest BCUT2D eigenvalue weighted by molar-refractivity contribution is 6.07. The van der Waals surface area contributed by atoms with E-state index in [0.29, 0.717) is 24.2 Å². The Morgan fingerprint density at radius 1 is 1.33 bits per heavy atom. The third kappa shape index (κ3) is 2.40. The number of ketones is 1. The Bertz CT molecular complexity index is 510. The van der Waals surface area contributed by atoms with Gasteiger partial charge >= 0.3 is 5.70 Å². The smallest absolute Gasteiger partial charge is 0.335 e. The van der Waals surface area contributed by atoms with Gasteiger partial charge in [-0.1, -0.05) is 29.8 Å². The SMILES string of the molecule is Cc1ccc(C(=O)C(=C2CCCN2)[N+](=O)[O-])cc1. The van der Waals surface area contributed by atoms with Crippen LogP contribution in [0.4, 0.5) is 0 Å². The van der Waals surface area contributed by atoms with Crippen molar-refractivity contribution in [3.63, 3.8) is 0 Å². The maximum absolute atomic E-state index is 12.1. The molecule has 1 heterocycles. The number of nitrogens with zero attached hydrogens (tertiary/aromatic N) is 1. The number of carbonyl (C=O) groups excluding carboxylic acids is 1. The van der Waals surface area contributed by atoms with Gasteiger partial charge in [0.25, 0.3) is 5.78 Å². The zero-order valence-electron chi connectivity index (χ0n) is 10.1. The molecule has 0 aliphatic carbocycles. The summed E-state index contributed by atoms with van der Waals surface area (Å²) in [6.07, 6.45) is 1.39. The highest BCUT2D eigenvalue weighted by Crippen LogP contribution is 2.19. The predicted octanol–water partition coefficient (Wildman–Crippen LogP) is 2.05. The third-order valence-corrected chi connectivity index (χ3v) is 2.94. The Morgan fingerprint density at radius 3 is 2.50 bits per heavy atom. The van der Waals surface area contributed by atoms with Gasteiger partial charge in [0.05, 0.1) is 10.6 Å². The number of allylic oxidation sites excluding steroid dienone is 2. The van der Waals surface area contributed by atoms with Crippen LogP contribution in [-0.2, 0) is 0 Å². The highest BCUT2D eigenvalue weighted by Gasteiger charge is 2.29. The van der Waals surface area contributed by atoms with Crippen molar-refractivity contribution < 1.29 is 9.72 Å². The van der Waals surface area contributed by atoms with Gasteiger partial charge in [0.15, 0.2) is 0 Å². The van der Waals surface area contributed by atoms with E-state index in [1.807, 2.05) is 6.92 Å². The first-order chi connectivity index (χ1) is 8.59. The van der Waals surface area contributed by atoms with Crippen molar-refractivity contribution in [3.05, 3.63) is 56.9 Å². The van der Waals surface area contributed by atoms with E-state index in [1.54, 1.807) is 24.3 Å². The van der Waals surface area contributed by atoms with Gasteiger partial charge in [-0.05, 0) is 19.8 Å².